The van der Waals surface area contributed by atoms with Crippen LogP contribution in [0.3, 0.4) is 0 Å². The first-order valence-corrected chi connectivity index (χ1v) is 25.1. The van der Waals surface area contributed by atoms with Gasteiger partial charge in [0.25, 0.3) is 0 Å². The number of nitrogens with zero attached hydrogens (tertiary/aromatic N) is 6. The van der Waals surface area contributed by atoms with Crippen molar-refractivity contribution in [3.8, 4) is 102 Å². The Hall–Kier alpha value is -9.78. The van der Waals surface area contributed by atoms with Crippen LogP contribution in [0.25, 0.3) is 102 Å². The smallest absolute Gasteiger partial charge is 0.164 e. The summed E-state index contributed by atoms with van der Waals surface area (Å²) in [7, 11) is 0. The molecule has 0 spiro atoms. The first-order valence-electron chi connectivity index (χ1n) is 25.1. The number of rotatable bonds is 9. The van der Waals surface area contributed by atoms with Gasteiger partial charge in [0.1, 0.15) is 0 Å². The fourth-order valence-corrected chi connectivity index (χ4v) is 11.0. The molecule has 74 heavy (non-hydrogen) atoms. The molecular formula is C68H44N6. The Kier molecular flexibility index (Phi) is 10.5. The summed E-state index contributed by atoms with van der Waals surface area (Å²) in [4.78, 5) is 30.8. The van der Waals surface area contributed by atoms with Gasteiger partial charge in [0.05, 0.1) is 0 Å². The van der Waals surface area contributed by atoms with Crippen LogP contribution in [0.4, 0.5) is 0 Å². The van der Waals surface area contributed by atoms with Crippen molar-refractivity contribution in [3.63, 3.8) is 0 Å². The van der Waals surface area contributed by atoms with Crippen molar-refractivity contribution in [1.82, 2.24) is 29.9 Å². The van der Waals surface area contributed by atoms with Gasteiger partial charge in [0.15, 0.2) is 34.9 Å². The quantitative estimate of drug-likeness (QED) is 0.143. The second kappa shape index (κ2) is 18.1. The number of hydrogen-bond donors (Lipinski definition) is 0. The average molecular weight is 945 g/mol. The largest absolute Gasteiger partial charge is 0.208 e. The van der Waals surface area contributed by atoms with E-state index in [-0.39, 0.29) is 11.8 Å². The summed E-state index contributed by atoms with van der Waals surface area (Å²) < 4.78 is 0. The molecule has 3 aliphatic rings. The monoisotopic (exact) mass is 944 g/mol. The Morgan fingerprint density at radius 1 is 0.176 bits per heavy atom. The van der Waals surface area contributed by atoms with E-state index < -0.39 is 0 Å². The lowest BCUT2D eigenvalue weighted by molar-refractivity contribution is 0.754. The van der Waals surface area contributed by atoms with Crippen LogP contribution in [0.5, 0.6) is 0 Å². The van der Waals surface area contributed by atoms with E-state index in [1.165, 1.54) is 55.6 Å². The Morgan fingerprint density at radius 3 is 0.878 bits per heavy atom. The lowest BCUT2D eigenvalue weighted by Gasteiger charge is -2.42. The zero-order valence-electron chi connectivity index (χ0n) is 40.1. The van der Waals surface area contributed by atoms with Crippen LogP contribution >= 0.6 is 0 Å². The van der Waals surface area contributed by atoms with Crippen molar-refractivity contribution in [2.45, 2.75) is 11.8 Å². The second-order valence-corrected chi connectivity index (χ2v) is 19.0. The van der Waals surface area contributed by atoms with Gasteiger partial charge in [-0.05, 0) is 85.0 Å². The number of hydrogen-bond acceptors (Lipinski definition) is 6. The topological polar surface area (TPSA) is 77.3 Å². The summed E-state index contributed by atoms with van der Waals surface area (Å²) >= 11 is 0. The molecule has 0 saturated heterocycles. The van der Waals surface area contributed by atoms with E-state index in [9.17, 15) is 0 Å². The predicted molar refractivity (Wildman–Crippen MR) is 297 cm³/mol. The van der Waals surface area contributed by atoms with Crippen molar-refractivity contribution in [2.24, 2.45) is 0 Å². The highest BCUT2D eigenvalue weighted by Gasteiger charge is 2.41. The third kappa shape index (κ3) is 7.68. The molecule has 0 aliphatic heterocycles. The molecule has 346 valence electrons. The highest BCUT2D eigenvalue weighted by atomic mass is 15.0. The van der Waals surface area contributed by atoms with Gasteiger partial charge in [-0.15, -0.1) is 0 Å². The van der Waals surface area contributed by atoms with Gasteiger partial charge in [-0.3, -0.25) is 0 Å². The molecule has 12 aromatic rings. The summed E-state index contributed by atoms with van der Waals surface area (Å²) in [6, 6.07) is 89.6. The zero-order valence-corrected chi connectivity index (χ0v) is 40.1. The van der Waals surface area contributed by atoms with E-state index >= 15 is 0 Å². The summed E-state index contributed by atoms with van der Waals surface area (Å²) in [5, 5.41) is 0. The fraction of sp³-hybridized carbons (Fsp3) is 0.0294. The lowest BCUT2D eigenvalue weighted by atomic mass is 9.61. The first-order chi connectivity index (χ1) is 36.7. The zero-order chi connectivity index (χ0) is 49.0. The summed E-state index contributed by atoms with van der Waals surface area (Å²) in [6.45, 7) is 0. The lowest BCUT2D eigenvalue weighted by Crippen LogP contribution is -2.27. The summed E-state index contributed by atoms with van der Waals surface area (Å²) in [5.74, 6) is 3.85. The van der Waals surface area contributed by atoms with E-state index in [0.717, 1.165) is 44.5 Å². The number of aromatic nitrogens is 6. The minimum absolute atomic E-state index is 0.0111. The maximum atomic E-state index is 5.28. The third-order valence-electron chi connectivity index (χ3n) is 14.6. The maximum Gasteiger partial charge on any atom is 0.164 e. The van der Waals surface area contributed by atoms with Crippen molar-refractivity contribution >= 4 is 0 Å². The van der Waals surface area contributed by atoms with Gasteiger partial charge in [-0.25, -0.2) is 29.9 Å². The Bertz CT molecular complexity index is 3990. The molecule has 2 atom stereocenters. The van der Waals surface area contributed by atoms with Gasteiger partial charge >= 0.3 is 0 Å². The summed E-state index contributed by atoms with van der Waals surface area (Å²) in [6.07, 6.45) is 0. The molecular weight excluding hydrogens is 901 g/mol. The average Bonchev–Trinajstić information content (AvgIpc) is 3.50. The van der Waals surface area contributed by atoms with E-state index in [2.05, 4.69) is 176 Å². The number of benzene rings is 10. The van der Waals surface area contributed by atoms with Gasteiger partial charge < -0.3 is 0 Å². The van der Waals surface area contributed by atoms with Gasteiger partial charge in [0, 0.05) is 45.2 Å². The van der Waals surface area contributed by atoms with Crippen molar-refractivity contribution in [1.29, 1.82) is 0 Å². The molecule has 15 rings (SSSR count). The molecule has 6 nitrogen and oxygen atoms in total. The van der Waals surface area contributed by atoms with Crippen LogP contribution in [0.1, 0.15) is 45.2 Å². The summed E-state index contributed by atoms with van der Waals surface area (Å²) in [5.41, 5.74) is 20.4. The molecule has 0 saturated carbocycles. The predicted octanol–water partition coefficient (Wildman–Crippen LogP) is 16.0. The van der Waals surface area contributed by atoms with E-state index in [4.69, 9.17) is 29.9 Å². The van der Waals surface area contributed by atoms with Crippen molar-refractivity contribution < 1.29 is 0 Å². The molecule has 0 fully saturated rings. The normalized spacial score (nSPS) is 13.9. The van der Waals surface area contributed by atoms with Crippen molar-refractivity contribution in [3.05, 3.63) is 288 Å². The van der Waals surface area contributed by atoms with E-state index in [0.29, 0.717) is 34.9 Å². The minimum Gasteiger partial charge on any atom is -0.208 e. The van der Waals surface area contributed by atoms with Crippen molar-refractivity contribution in [2.75, 3.05) is 0 Å². The molecule has 2 unspecified atom stereocenters. The first kappa shape index (κ1) is 43.0. The minimum atomic E-state index is 0.0111. The molecule has 2 bridgehead atoms. The Labute approximate surface area is 429 Å². The molecule has 10 aromatic carbocycles. The molecule has 2 aromatic heterocycles. The van der Waals surface area contributed by atoms with Crippen LogP contribution in [-0.2, 0) is 0 Å². The standard InChI is InChI=1S/C68H44N6/c1-6-18-43(19-7-1)50-34-37-53(44-20-8-2-9-21-44)58(40-50)45-30-32-49(33-31-45)66-70-65(48-26-14-5-15-27-48)73-68(74-66)52-36-39-57-60(42-52)62-55-29-17-16-28-54(55)61(57)59-41-51(35-38-56(59)62)67-71-63(46-22-10-3-11-23-46)69-64(72-67)47-24-12-4-13-25-47/h1-42,61-62H. The maximum absolute atomic E-state index is 5.28. The molecule has 0 radical (unpaired) electrons. The van der Waals surface area contributed by atoms with Gasteiger partial charge in [-0.1, -0.05) is 237 Å². The van der Waals surface area contributed by atoms with E-state index in [1.807, 2.05) is 78.9 Å². The van der Waals surface area contributed by atoms with Crippen LogP contribution in [0.15, 0.2) is 255 Å². The molecule has 2 heterocycles. The Balaban J connectivity index is 0.856. The van der Waals surface area contributed by atoms with E-state index in [1.54, 1.807) is 0 Å². The van der Waals surface area contributed by atoms with Gasteiger partial charge in [-0.2, -0.15) is 0 Å². The third-order valence-corrected chi connectivity index (χ3v) is 14.6. The molecule has 0 N–H and O–H groups in total. The second-order valence-electron chi connectivity index (χ2n) is 19.0. The molecule has 3 aliphatic carbocycles. The highest BCUT2D eigenvalue weighted by molar-refractivity contribution is 5.88. The van der Waals surface area contributed by atoms with Gasteiger partial charge in [0.2, 0.25) is 0 Å². The highest BCUT2D eigenvalue weighted by Crippen LogP contribution is 2.56. The molecule has 6 heteroatoms. The van der Waals surface area contributed by atoms with Crippen LogP contribution in [0, 0.1) is 0 Å². The van der Waals surface area contributed by atoms with Crippen LogP contribution < -0.4 is 0 Å². The Morgan fingerprint density at radius 2 is 0.459 bits per heavy atom. The SMILES string of the molecule is c1ccc(-c2ccc(-c3ccccc3)c(-c3ccc(-c4nc(-c5ccccc5)nc(-c5ccc6c(c5)C5c7ccccc7C6c6cc(-c7nc(-c8ccccc8)nc(-c8ccccc8)n7)ccc65)n4)cc3)c2)cc1. The fourth-order valence-electron chi connectivity index (χ4n) is 11.0. The van der Waals surface area contributed by atoms with Crippen LogP contribution in [0.2, 0.25) is 0 Å². The molecule has 0 amide bonds. The van der Waals surface area contributed by atoms with Crippen LogP contribution in [-0.4, -0.2) is 29.9 Å².